The first-order chi connectivity index (χ1) is 14.9. The van der Waals surface area contributed by atoms with Gasteiger partial charge < -0.3 is 5.32 Å². The molecule has 1 N–H and O–H groups in total. The summed E-state index contributed by atoms with van der Waals surface area (Å²) >= 11 is 3.11. The van der Waals surface area contributed by atoms with Gasteiger partial charge in [0.05, 0.1) is 10.6 Å². The Labute approximate surface area is 190 Å². The minimum atomic E-state index is -3.58. The lowest BCUT2D eigenvalue weighted by Gasteiger charge is -2.18. The van der Waals surface area contributed by atoms with Crippen LogP contribution in [0.15, 0.2) is 40.5 Å². The van der Waals surface area contributed by atoms with Crippen LogP contribution >= 0.6 is 23.1 Å². The number of aromatic nitrogens is 2. The second-order valence-corrected chi connectivity index (χ2v) is 11.2. The van der Waals surface area contributed by atoms with Gasteiger partial charge in [0.25, 0.3) is 0 Å². The van der Waals surface area contributed by atoms with E-state index in [4.69, 9.17) is 0 Å². The summed E-state index contributed by atoms with van der Waals surface area (Å²) in [6.07, 6.45) is 4.84. The molecule has 2 heterocycles. The Morgan fingerprint density at radius 1 is 1.23 bits per heavy atom. The number of nitrogens with one attached hydrogen (secondary N) is 1. The van der Waals surface area contributed by atoms with Gasteiger partial charge >= 0.3 is 0 Å². The number of thioether (sulfide) groups is 1. The van der Waals surface area contributed by atoms with Crippen molar-refractivity contribution in [2.24, 2.45) is 0 Å². The lowest BCUT2D eigenvalue weighted by molar-refractivity contribution is -0.113. The van der Waals surface area contributed by atoms with E-state index in [0.29, 0.717) is 18.8 Å². The molecule has 1 aromatic carbocycles. The van der Waals surface area contributed by atoms with Crippen molar-refractivity contribution in [3.05, 3.63) is 41.0 Å². The van der Waals surface area contributed by atoms with Crippen molar-refractivity contribution in [2.75, 3.05) is 24.2 Å². The van der Waals surface area contributed by atoms with Gasteiger partial charge in [0, 0.05) is 29.0 Å². The molecular weight excluding hydrogens is 452 g/mol. The summed E-state index contributed by atoms with van der Waals surface area (Å²) in [4.78, 5) is 23.9. The third-order valence-corrected chi connectivity index (χ3v) is 9.50. The van der Waals surface area contributed by atoms with E-state index in [1.807, 2.05) is 0 Å². The minimum Gasteiger partial charge on any atom is -0.325 e. The van der Waals surface area contributed by atoms with Crippen molar-refractivity contribution in [3.8, 4) is 0 Å². The zero-order valence-electron chi connectivity index (χ0n) is 17.4. The van der Waals surface area contributed by atoms with Crippen molar-refractivity contribution in [1.82, 2.24) is 14.3 Å². The number of hydrogen-bond acceptors (Lipinski definition) is 7. The fourth-order valence-electron chi connectivity index (χ4n) is 3.79. The second-order valence-electron chi connectivity index (χ2n) is 7.17. The van der Waals surface area contributed by atoms with Gasteiger partial charge in [-0.05, 0) is 43.0 Å². The number of thiophene rings is 1. The first kappa shape index (κ1) is 22.2. The van der Waals surface area contributed by atoms with Crippen LogP contribution in [0.2, 0.25) is 0 Å². The average Bonchev–Trinajstić information content (AvgIpc) is 3.34. The summed E-state index contributed by atoms with van der Waals surface area (Å²) in [5.41, 5.74) is 1.79. The van der Waals surface area contributed by atoms with Crippen molar-refractivity contribution in [2.45, 2.75) is 43.0 Å². The van der Waals surface area contributed by atoms with Gasteiger partial charge in [-0.15, -0.1) is 11.3 Å². The molecule has 0 aliphatic heterocycles. The molecule has 0 atom stereocenters. The van der Waals surface area contributed by atoms with Gasteiger partial charge in [0.2, 0.25) is 15.9 Å². The van der Waals surface area contributed by atoms with Gasteiger partial charge in [-0.2, -0.15) is 4.31 Å². The van der Waals surface area contributed by atoms with Crippen LogP contribution in [0.1, 0.15) is 30.7 Å². The summed E-state index contributed by atoms with van der Waals surface area (Å²) in [7, 11) is -3.58. The van der Waals surface area contributed by atoms with E-state index >= 15 is 0 Å². The number of nitrogens with zero attached hydrogens (tertiary/aromatic N) is 3. The van der Waals surface area contributed by atoms with Crippen molar-refractivity contribution in [3.63, 3.8) is 0 Å². The Morgan fingerprint density at radius 2 is 2.03 bits per heavy atom. The lowest BCUT2D eigenvalue weighted by atomic mass is 10.2. The minimum absolute atomic E-state index is 0.174. The number of aryl methyl sites for hydroxylation is 2. The molecule has 31 heavy (non-hydrogen) atoms. The predicted molar refractivity (Wildman–Crippen MR) is 125 cm³/mol. The zero-order chi connectivity index (χ0) is 22.0. The van der Waals surface area contributed by atoms with Crippen LogP contribution in [0.25, 0.3) is 10.2 Å². The molecule has 2 aromatic heterocycles. The van der Waals surface area contributed by atoms with E-state index in [1.54, 1.807) is 49.7 Å². The summed E-state index contributed by atoms with van der Waals surface area (Å²) in [5, 5.41) is 4.73. The predicted octanol–water partition coefficient (Wildman–Crippen LogP) is 3.94. The molecule has 0 bridgehead atoms. The number of hydrogen-bond donors (Lipinski definition) is 1. The van der Waals surface area contributed by atoms with Crippen molar-refractivity contribution in [1.29, 1.82) is 0 Å². The first-order valence-electron chi connectivity index (χ1n) is 10.2. The van der Waals surface area contributed by atoms with Gasteiger partial charge in [-0.25, -0.2) is 18.4 Å². The second kappa shape index (κ2) is 9.23. The maximum Gasteiger partial charge on any atom is 0.243 e. The molecule has 0 saturated carbocycles. The average molecular weight is 477 g/mol. The molecular formula is C21H24N4O3S3. The van der Waals surface area contributed by atoms with E-state index < -0.39 is 10.0 Å². The SMILES string of the molecule is CCN(CC)S(=O)(=O)c1cccc(NC(=O)CSc2ncnc3sc4c(c23)CCC4)c1. The number of rotatable bonds is 8. The summed E-state index contributed by atoms with van der Waals surface area (Å²) in [6, 6.07) is 6.39. The molecule has 0 fully saturated rings. The highest BCUT2D eigenvalue weighted by Gasteiger charge is 2.23. The molecule has 0 saturated heterocycles. The molecule has 164 valence electrons. The number of amides is 1. The van der Waals surface area contributed by atoms with Crippen LogP contribution in [0.5, 0.6) is 0 Å². The van der Waals surface area contributed by atoms with E-state index in [0.717, 1.165) is 34.5 Å². The molecule has 7 nitrogen and oxygen atoms in total. The number of benzene rings is 1. The van der Waals surface area contributed by atoms with Crippen LogP contribution in [0.4, 0.5) is 5.69 Å². The highest BCUT2D eigenvalue weighted by Crippen LogP contribution is 2.40. The summed E-state index contributed by atoms with van der Waals surface area (Å²) < 4.78 is 26.9. The number of anilines is 1. The number of fused-ring (bicyclic) bond motifs is 3. The normalized spacial score (nSPS) is 13.6. The van der Waals surface area contributed by atoms with Crippen molar-refractivity contribution < 1.29 is 13.2 Å². The van der Waals surface area contributed by atoms with E-state index in [-0.39, 0.29) is 16.6 Å². The molecule has 0 radical (unpaired) electrons. The van der Waals surface area contributed by atoms with Gasteiger partial charge in [0.15, 0.2) is 0 Å². The highest BCUT2D eigenvalue weighted by atomic mass is 32.2. The monoisotopic (exact) mass is 476 g/mol. The maximum absolute atomic E-state index is 12.7. The Kier molecular flexibility index (Phi) is 6.61. The molecule has 1 aliphatic carbocycles. The lowest BCUT2D eigenvalue weighted by Crippen LogP contribution is -2.30. The van der Waals surface area contributed by atoms with Crippen LogP contribution < -0.4 is 5.32 Å². The van der Waals surface area contributed by atoms with Crippen LogP contribution in [0, 0.1) is 0 Å². The largest absolute Gasteiger partial charge is 0.325 e. The Bertz CT molecular complexity index is 1220. The summed E-state index contributed by atoms with van der Waals surface area (Å²) in [6.45, 7) is 4.39. The fourth-order valence-corrected chi connectivity index (χ4v) is 7.41. The molecule has 3 aromatic rings. The third kappa shape index (κ3) is 4.48. The third-order valence-electron chi connectivity index (χ3n) is 5.27. The molecule has 4 rings (SSSR count). The maximum atomic E-state index is 12.7. The van der Waals surface area contributed by atoms with Crippen LogP contribution in [0.3, 0.4) is 0 Å². The van der Waals surface area contributed by atoms with Gasteiger partial charge in [-0.3, -0.25) is 4.79 Å². The van der Waals surface area contributed by atoms with Crippen LogP contribution in [-0.2, 0) is 27.7 Å². The van der Waals surface area contributed by atoms with E-state index in [9.17, 15) is 13.2 Å². The van der Waals surface area contributed by atoms with E-state index in [1.165, 1.54) is 32.6 Å². The standard InChI is InChI=1S/C21H24N4O3S3/c1-3-25(4-2)31(27,28)15-8-5-7-14(11-15)24-18(26)12-29-20-19-16-9-6-10-17(16)30-21(19)23-13-22-20/h5,7-8,11,13H,3-4,6,9-10,12H2,1-2H3,(H,24,26). The molecule has 10 heteroatoms. The molecule has 0 spiro atoms. The number of carbonyl (C=O) groups excluding carboxylic acids is 1. The molecule has 0 unspecified atom stereocenters. The first-order valence-corrected chi connectivity index (χ1v) is 13.5. The highest BCUT2D eigenvalue weighted by molar-refractivity contribution is 8.00. The topological polar surface area (TPSA) is 92.3 Å². The number of sulfonamides is 1. The van der Waals surface area contributed by atoms with E-state index in [2.05, 4.69) is 15.3 Å². The summed E-state index contributed by atoms with van der Waals surface area (Å²) in [5.74, 6) is -0.0231. The Morgan fingerprint density at radius 3 is 2.81 bits per heavy atom. The zero-order valence-corrected chi connectivity index (χ0v) is 19.9. The Balaban J connectivity index is 1.46. The molecule has 1 amide bonds. The smallest absolute Gasteiger partial charge is 0.243 e. The van der Waals surface area contributed by atoms with Crippen LogP contribution in [-0.4, -0.2) is 47.4 Å². The number of carbonyl (C=O) groups is 1. The molecule has 1 aliphatic rings. The van der Waals surface area contributed by atoms with Gasteiger partial charge in [-0.1, -0.05) is 31.7 Å². The Hall–Kier alpha value is -2.01. The van der Waals surface area contributed by atoms with Crippen molar-refractivity contribution >= 4 is 54.9 Å². The van der Waals surface area contributed by atoms with Gasteiger partial charge in [0.1, 0.15) is 16.2 Å². The fraction of sp³-hybridized carbons (Fsp3) is 0.381. The quantitative estimate of drug-likeness (QED) is 0.391.